The molecule has 0 heterocycles. The first-order chi connectivity index (χ1) is 15.8. The molecule has 0 aliphatic carbocycles. The van der Waals surface area contributed by atoms with Crippen molar-refractivity contribution in [2.24, 2.45) is 0 Å². The van der Waals surface area contributed by atoms with Crippen molar-refractivity contribution in [3.8, 4) is 5.75 Å². The van der Waals surface area contributed by atoms with Gasteiger partial charge in [-0.05, 0) is 62.6 Å². The van der Waals surface area contributed by atoms with Gasteiger partial charge in [-0.15, -0.1) is 0 Å². The van der Waals surface area contributed by atoms with Gasteiger partial charge < -0.3 is 15.0 Å². The van der Waals surface area contributed by atoms with Crippen LogP contribution in [-0.4, -0.2) is 35.4 Å². The fraction of sp³-hybridized carbons (Fsp3) is 0.440. The molecule has 1 N–H and O–H groups in total. The molecule has 0 unspecified atom stereocenters. The van der Waals surface area contributed by atoms with Crippen molar-refractivity contribution in [1.82, 2.24) is 10.2 Å². The summed E-state index contributed by atoms with van der Waals surface area (Å²) >= 11 is 18.6. The lowest BCUT2D eigenvalue weighted by atomic mass is 10.1. The van der Waals surface area contributed by atoms with Crippen LogP contribution in [0.1, 0.15) is 52.0 Å². The van der Waals surface area contributed by atoms with Crippen LogP contribution >= 0.6 is 34.8 Å². The van der Waals surface area contributed by atoms with Crippen LogP contribution in [0.15, 0.2) is 42.5 Å². The van der Waals surface area contributed by atoms with Gasteiger partial charge in [-0.2, -0.15) is 0 Å². The van der Waals surface area contributed by atoms with Crippen LogP contribution in [0.4, 0.5) is 0 Å². The largest absolute Gasteiger partial charge is 0.494 e. The van der Waals surface area contributed by atoms with Gasteiger partial charge in [-0.1, -0.05) is 54.7 Å². The molecule has 0 radical (unpaired) electrons. The Morgan fingerprint density at radius 2 is 1.64 bits per heavy atom. The average Bonchev–Trinajstić information content (AvgIpc) is 2.79. The molecule has 0 aromatic heterocycles. The molecule has 0 aliphatic heterocycles. The van der Waals surface area contributed by atoms with E-state index in [4.69, 9.17) is 39.5 Å². The lowest BCUT2D eigenvalue weighted by Gasteiger charge is -2.32. The van der Waals surface area contributed by atoms with E-state index >= 15 is 0 Å². The highest BCUT2D eigenvalue weighted by Gasteiger charge is 2.30. The zero-order valence-corrected chi connectivity index (χ0v) is 21.5. The van der Waals surface area contributed by atoms with E-state index < -0.39 is 6.04 Å². The van der Waals surface area contributed by atoms with Crippen molar-refractivity contribution in [2.45, 2.75) is 65.1 Å². The molecule has 180 valence electrons. The Hall–Kier alpha value is -1.95. The van der Waals surface area contributed by atoms with Gasteiger partial charge in [0.15, 0.2) is 0 Å². The Morgan fingerprint density at radius 1 is 1.00 bits per heavy atom. The molecule has 2 aromatic carbocycles. The summed E-state index contributed by atoms with van der Waals surface area (Å²) in [7, 11) is 0. The Morgan fingerprint density at radius 3 is 2.21 bits per heavy atom. The highest BCUT2D eigenvalue weighted by molar-refractivity contribution is 6.36. The highest BCUT2D eigenvalue weighted by Crippen LogP contribution is 2.27. The summed E-state index contributed by atoms with van der Waals surface area (Å²) in [4.78, 5) is 27.8. The van der Waals surface area contributed by atoms with Crippen molar-refractivity contribution in [3.05, 3.63) is 63.1 Å². The molecule has 2 rings (SSSR count). The topological polar surface area (TPSA) is 58.6 Å². The van der Waals surface area contributed by atoms with E-state index in [1.54, 1.807) is 47.4 Å². The molecule has 0 saturated heterocycles. The number of nitrogens with zero attached hydrogens (tertiary/aromatic N) is 1. The van der Waals surface area contributed by atoms with Crippen LogP contribution in [0.5, 0.6) is 5.75 Å². The second-order valence-corrected chi connectivity index (χ2v) is 9.12. The van der Waals surface area contributed by atoms with Crippen LogP contribution in [0, 0.1) is 0 Å². The normalized spacial score (nSPS) is 12.7. The third-order valence-corrected chi connectivity index (χ3v) is 6.35. The van der Waals surface area contributed by atoms with E-state index in [0.29, 0.717) is 45.8 Å². The van der Waals surface area contributed by atoms with Crippen molar-refractivity contribution in [2.75, 3.05) is 6.61 Å². The van der Waals surface area contributed by atoms with Gasteiger partial charge >= 0.3 is 0 Å². The second-order valence-electron chi connectivity index (χ2n) is 7.87. The van der Waals surface area contributed by atoms with E-state index in [1.165, 1.54) is 0 Å². The van der Waals surface area contributed by atoms with Crippen LogP contribution < -0.4 is 10.1 Å². The minimum atomic E-state index is -0.629. The van der Waals surface area contributed by atoms with Crippen molar-refractivity contribution in [3.63, 3.8) is 0 Å². The van der Waals surface area contributed by atoms with Gasteiger partial charge in [-0.3, -0.25) is 9.59 Å². The van der Waals surface area contributed by atoms with Crippen molar-refractivity contribution in [1.29, 1.82) is 0 Å². The molecule has 33 heavy (non-hydrogen) atoms. The Kier molecular flexibility index (Phi) is 11.3. The van der Waals surface area contributed by atoms with E-state index in [2.05, 4.69) is 5.32 Å². The summed E-state index contributed by atoms with van der Waals surface area (Å²) in [5.41, 5.74) is 0.626. The molecule has 8 heteroatoms. The maximum Gasteiger partial charge on any atom is 0.243 e. The Labute approximate surface area is 211 Å². The van der Waals surface area contributed by atoms with Gasteiger partial charge in [0.2, 0.25) is 11.8 Å². The van der Waals surface area contributed by atoms with Gasteiger partial charge in [0.25, 0.3) is 0 Å². The van der Waals surface area contributed by atoms with E-state index in [0.717, 1.165) is 6.42 Å². The predicted octanol–water partition coefficient (Wildman–Crippen LogP) is 6.53. The fourth-order valence-electron chi connectivity index (χ4n) is 3.30. The zero-order chi connectivity index (χ0) is 24.4. The minimum Gasteiger partial charge on any atom is -0.494 e. The Bertz CT molecular complexity index is 901. The smallest absolute Gasteiger partial charge is 0.243 e. The highest BCUT2D eigenvalue weighted by atomic mass is 35.5. The zero-order valence-electron chi connectivity index (χ0n) is 19.2. The van der Waals surface area contributed by atoms with Crippen molar-refractivity contribution >= 4 is 46.6 Å². The van der Waals surface area contributed by atoms with Crippen LogP contribution in [0.3, 0.4) is 0 Å². The molecule has 0 fully saturated rings. The summed E-state index contributed by atoms with van der Waals surface area (Å²) in [6.45, 7) is 6.35. The number of carbonyl (C=O) groups excluding carboxylic acids is 2. The van der Waals surface area contributed by atoms with E-state index in [1.807, 2.05) is 20.8 Å². The summed E-state index contributed by atoms with van der Waals surface area (Å²) < 4.78 is 5.70. The Balaban J connectivity index is 2.13. The third kappa shape index (κ3) is 8.40. The SMILES string of the molecule is CC[C@@H](C)NC(=O)[C@@H](CC)N(Cc1c(Cl)cccc1Cl)C(=O)CCCOc1ccc(Cl)cc1. The van der Waals surface area contributed by atoms with Crippen molar-refractivity contribution < 1.29 is 14.3 Å². The monoisotopic (exact) mass is 512 g/mol. The molecule has 2 aromatic rings. The lowest BCUT2D eigenvalue weighted by Crippen LogP contribution is -2.50. The molecule has 2 atom stereocenters. The molecular weight excluding hydrogens is 483 g/mol. The molecule has 5 nitrogen and oxygen atoms in total. The van der Waals surface area contributed by atoms with Crippen LogP contribution in [0.2, 0.25) is 15.1 Å². The molecular formula is C25H31Cl3N2O3. The minimum absolute atomic E-state index is 0.0141. The first kappa shape index (κ1) is 27.3. The number of hydrogen-bond donors (Lipinski definition) is 1. The summed E-state index contributed by atoms with van der Waals surface area (Å²) in [6, 6.07) is 11.6. The van der Waals surface area contributed by atoms with Crippen LogP contribution in [-0.2, 0) is 16.1 Å². The standard InChI is InChI=1S/C25H31Cl3N2O3/c1-4-17(3)29-25(32)23(5-2)30(16-20-21(27)8-6-9-22(20)28)24(31)10-7-15-33-19-13-11-18(26)12-14-19/h6,8-9,11-14,17,23H,4-5,7,10,15-16H2,1-3H3,(H,29,32)/t17-,23-/m1/s1. The molecule has 0 aliphatic rings. The number of carbonyl (C=O) groups is 2. The summed E-state index contributed by atoms with van der Waals surface area (Å²) in [5, 5.41) is 4.55. The number of benzene rings is 2. The van der Waals surface area contributed by atoms with E-state index in [9.17, 15) is 9.59 Å². The average molecular weight is 514 g/mol. The molecule has 0 bridgehead atoms. The number of hydrogen-bond acceptors (Lipinski definition) is 3. The summed E-state index contributed by atoms with van der Waals surface area (Å²) in [6.07, 6.45) is 1.99. The first-order valence-electron chi connectivity index (χ1n) is 11.2. The number of halogens is 3. The lowest BCUT2D eigenvalue weighted by molar-refractivity contribution is -0.141. The molecule has 2 amide bonds. The first-order valence-corrected chi connectivity index (χ1v) is 12.3. The van der Waals surface area contributed by atoms with Gasteiger partial charge in [0, 0.05) is 39.6 Å². The van der Waals surface area contributed by atoms with E-state index in [-0.39, 0.29) is 30.8 Å². The number of nitrogens with one attached hydrogen (secondary N) is 1. The second kappa shape index (κ2) is 13.7. The molecule has 0 spiro atoms. The molecule has 0 saturated carbocycles. The quantitative estimate of drug-likeness (QED) is 0.328. The predicted molar refractivity (Wildman–Crippen MR) is 135 cm³/mol. The maximum atomic E-state index is 13.3. The summed E-state index contributed by atoms with van der Waals surface area (Å²) in [5.74, 6) is 0.351. The fourth-order valence-corrected chi connectivity index (χ4v) is 3.95. The van der Waals surface area contributed by atoms with Gasteiger partial charge in [-0.25, -0.2) is 0 Å². The number of amides is 2. The number of ether oxygens (including phenoxy) is 1. The third-order valence-electron chi connectivity index (χ3n) is 5.39. The maximum absolute atomic E-state index is 13.3. The number of rotatable bonds is 12. The van der Waals surface area contributed by atoms with Gasteiger partial charge in [0.05, 0.1) is 6.61 Å². The van der Waals surface area contributed by atoms with Gasteiger partial charge in [0.1, 0.15) is 11.8 Å². The van der Waals surface area contributed by atoms with Crippen LogP contribution in [0.25, 0.3) is 0 Å².